The molecule has 1 aromatic carbocycles. The summed E-state index contributed by atoms with van der Waals surface area (Å²) in [6.45, 7) is 3.84. The van der Waals surface area contributed by atoms with Crippen molar-refractivity contribution in [3.05, 3.63) is 47.3 Å². The first-order valence-corrected chi connectivity index (χ1v) is 7.81. The maximum Gasteiger partial charge on any atom is 0.0698 e. The molecule has 1 aliphatic rings. The Bertz CT molecular complexity index is 617. The zero-order chi connectivity index (χ0) is 14.8. The van der Waals surface area contributed by atoms with Crippen LogP contribution in [0.5, 0.6) is 0 Å². The average Bonchev–Trinajstić information content (AvgIpc) is 2.89. The highest BCUT2D eigenvalue weighted by molar-refractivity contribution is 5.57. The molecule has 1 aromatic heterocycles. The van der Waals surface area contributed by atoms with E-state index >= 15 is 0 Å². The highest BCUT2D eigenvalue weighted by atomic mass is 15.3. The highest BCUT2D eigenvalue weighted by Gasteiger charge is 2.27. The molecule has 1 atom stereocenters. The van der Waals surface area contributed by atoms with Crippen molar-refractivity contribution in [3.63, 3.8) is 0 Å². The number of fused-ring (bicyclic) bond motifs is 1. The van der Waals surface area contributed by atoms with Gasteiger partial charge in [0.1, 0.15) is 0 Å². The van der Waals surface area contributed by atoms with Crippen LogP contribution >= 0.6 is 0 Å². The van der Waals surface area contributed by atoms with Crippen molar-refractivity contribution in [2.45, 2.75) is 32.2 Å². The Morgan fingerprint density at radius 3 is 2.90 bits per heavy atom. The minimum Gasteiger partial charge on any atom is -0.363 e. The second kappa shape index (κ2) is 5.90. The molecule has 2 heterocycles. The van der Waals surface area contributed by atoms with Crippen molar-refractivity contribution in [2.24, 2.45) is 12.8 Å². The van der Waals surface area contributed by atoms with E-state index in [0.717, 1.165) is 25.1 Å². The standard InChI is InChI=1S/C17H24N4/c1-3-15-14(12-20(2)19-15)17(11-18)21-10-6-8-13-7-4-5-9-16(13)21/h4-5,7,9,12,17H,3,6,8,10-11,18H2,1-2H3. The Hall–Kier alpha value is -1.81. The average molecular weight is 284 g/mol. The fourth-order valence-corrected chi connectivity index (χ4v) is 3.41. The molecule has 1 aliphatic heterocycles. The number of aryl methyl sites for hydroxylation is 3. The molecule has 0 saturated heterocycles. The summed E-state index contributed by atoms with van der Waals surface area (Å²) in [6.07, 6.45) is 5.43. The molecule has 0 radical (unpaired) electrons. The zero-order valence-corrected chi connectivity index (χ0v) is 12.9. The number of anilines is 1. The minimum atomic E-state index is 0.218. The van der Waals surface area contributed by atoms with Gasteiger partial charge in [0.25, 0.3) is 0 Å². The zero-order valence-electron chi connectivity index (χ0n) is 12.9. The molecule has 4 nitrogen and oxygen atoms in total. The van der Waals surface area contributed by atoms with Crippen LogP contribution in [0, 0.1) is 0 Å². The van der Waals surface area contributed by atoms with E-state index in [-0.39, 0.29) is 6.04 Å². The molecule has 0 saturated carbocycles. The van der Waals surface area contributed by atoms with Crippen LogP contribution in [0.15, 0.2) is 30.5 Å². The van der Waals surface area contributed by atoms with Gasteiger partial charge in [0.15, 0.2) is 0 Å². The van der Waals surface area contributed by atoms with E-state index in [9.17, 15) is 0 Å². The Kier molecular flexibility index (Phi) is 3.97. The maximum atomic E-state index is 6.15. The lowest BCUT2D eigenvalue weighted by molar-refractivity contribution is 0.584. The lowest BCUT2D eigenvalue weighted by Crippen LogP contribution is -2.37. The maximum absolute atomic E-state index is 6.15. The Morgan fingerprint density at radius 1 is 1.33 bits per heavy atom. The fraction of sp³-hybridized carbons (Fsp3) is 0.471. The van der Waals surface area contributed by atoms with Crippen LogP contribution in [0.2, 0.25) is 0 Å². The number of nitrogens with zero attached hydrogens (tertiary/aromatic N) is 3. The van der Waals surface area contributed by atoms with Crippen LogP contribution < -0.4 is 10.6 Å². The summed E-state index contributed by atoms with van der Waals surface area (Å²) in [4.78, 5) is 2.47. The topological polar surface area (TPSA) is 47.1 Å². The first kappa shape index (κ1) is 14.1. The van der Waals surface area contributed by atoms with Gasteiger partial charge in [-0.25, -0.2) is 0 Å². The second-order valence-electron chi connectivity index (χ2n) is 5.74. The van der Waals surface area contributed by atoms with Crippen molar-refractivity contribution in [3.8, 4) is 0 Å². The SMILES string of the molecule is CCc1nn(C)cc1C(CN)N1CCCc2ccccc21. The molecule has 0 amide bonds. The number of aromatic nitrogens is 2. The van der Waals surface area contributed by atoms with Gasteiger partial charge in [-0.3, -0.25) is 4.68 Å². The first-order valence-electron chi connectivity index (χ1n) is 7.81. The summed E-state index contributed by atoms with van der Waals surface area (Å²) in [5.74, 6) is 0. The smallest absolute Gasteiger partial charge is 0.0698 e. The molecule has 3 rings (SSSR count). The first-order chi connectivity index (χ1) is 10.2. The van der Waals surface area contributed by atoms with Gasteiger partial charge >= 0.3 is 0 Å². The van der Waals surface area contributed by atoms with E-state index in [4.69, 9.17) is 5.73 Å². The largest absolute Gasteiger partial charge is 0.363 e. The van der Waals surface area contributed by atoms with Gasteiger partial charge < -0.3 is 10.6 Å². The number of rotatable bonds is 4. The molecule has 21 heavy (non-hydrogen) atoms. The molecule has 4 heteroatoms. The molecule has 0 fully saturated rings. The van der Waals surface area contributed by atoms with E-state index in [0.29, 0.717) is 6.54 Å². The van der Waals surface area contributed by atoms with E-state index in [1.165, 1.54) is 23.2 Å². The van der Waals surface area contributed by atoms with Gasteiger partial charge in [0.05, 0.1) is 11.7 Å². The predicted molar refractivity (Wildman–Crippen MR) is 86.5 cm³/mol. The summed E-state index contributed by atoms with van der Waals surface area (Å²) in [5.41, 5.74) is 11.4. The van der Waals surface area contributed by atoms with Crippen LogP contribution in [-0.4, -0.2) is 22.9 Å². The number of benzene rings is 1. The lowest BCUT2D eigenvalue weighted by Gasteiger charge is -2.37. The molecule has 0 aliphatic carbocycles. The summed E-state index contributed by atoms with van der Waals surface area (Å²) in [7, 11) is 1.99. The number of para-hydroxylation sites is 1. The van der Waals surface area contributed by atoms with Crippen LogP contribution in [0.4, 0.5) is 5.69 Å². The number of hydrogen-bond acceptors (Lipinski definition) is 3. The Morgan fingerprint density at radius 2 is 2.14 bits per heavy atom. The van der Waals surface area contributed by atoms with Crippen molar-refractivity contribution in [1.82, 2.24) is 9.78 Å². The van der Waals surface area contributed by atoms with E-state index < -0.39 is 0 Å². The molecule has 0 spiro atoms. The Balaban J connectivity index is 2.01. The highest BCUT2D eigenvalue weighted by Crippen LogP contribution is 2.34. The molecule has 0 bridgehead atoms. The van der Waals surface area contributed by atoms with Crippen molar-refractivity contribution < 1.29 is 0 Å². The molecular weight excluding hydrogens is 260 g/mol. The number of hydrogen-bond donors (Lipinski definition) is 1. The summed E-state index contributed by atoms with van der Waals surface area (Å²) in [6, 6.07) is 8.92. The van der Waals surface area contributed by atoms with Gasteiger partial charge in [-0.2, -0.15) is 5.10 Å². The van der Waals surface area contributed by atoms with E-state index in [1.54, 1.807) is 0 Å². The predicted octanol–water partition coefficient (Wildman–Crippen LogP) is 2.44. The molecule has 2 N–H and O–H groups in total. The van der Waals surface area contributed by atoms with Gasteiger partial charge in [0.2, 0.25) is 0 Å². The lowest BCUT2D eigenvalue weighted by atomic mass is 9.97. The molecule has 1 unspecified atom stereocenters. The summed E-state index contributed by atoms with van der Waals surface area (Å²) in [5, 5.41) is 4.58. The third-order valence-electron chi connectivity index (χ3n) is 4.38. The molecular formula is C17H24N4. The van der Waals surface area contributed by atoms with Crippen molar-refractivity contribution in [1.29, 1.82) is 0 Å². The van der Waals surface area contributed by atoms with Gasteiger partial charge in [-0.05, 0) is 30.9 Å². The van der Waals surface area contributed by atoms with E-state index in [1.807, 2.05) is 11.7 Å². The normalized spacial score (nSPS) is 15.9. The number of nitrogens with two attached hydrogens (primary N) is 1. The third-order valence-corrected chi connectivity index (χ3v) is 4.38. The fourth-order valence-electron chi connectivity index (χ4n) is 3.41. The minimum absolute atomic E-state index is 0.218. The van der Waals surface area contributed by atoms with E-state index in [2.05, 4.69) is 47.4 Å². The Labute approximate surface area is 126 Å². The second-order valence-corrected chi connectivity index (χ2v) is 5.74. The monoisotopic (exact) mass is 284 g/mol. The molecule has 2 aromatic rings. The quantitative estimate of drug-likeness (QED) is 0.938. The van der Waals surface area contributed by atoms with Crippen LogP contribution in [0.3, 0.4) is 0 Å². The summed E-state index contributed by atoms with van der Waals surface area (Å²) < 4.78 is 1.91. The van der Waals surface area contributed by atoms with Crippen LogP contribution in [0.1, 0.15) is 36.2 Å². The van der Waals surface area contributed by atoms with Gasteiger partial charge in [-0.1, -0.05) is 25.1 Å². The van der Waals surface area contributed by atoms with Gasteiger partial charge in [-0.15, -0.1) is 0 Å². The van der Waals surface area contributed by atoms with Crippen molar-refractivity contribution >= 4 is 5.69 Å². The van der Waals surface area contributed by atoms with Crippen LogP contribution in [0.25, 0.3) is 0 Å². The molecule has 112 valence electrons. The summed E-state index contributed by atoms with van der Waals surface area (Å²) >= 11 is 0. The third kappa shape index (κ3) is 2.56. The van der Waals surface area contributed by atoms with Crippen molar-refractivity contribution in [2.75, 3.05) is 18.0 Å². The van der Waals surface area contributed by atoms with Gasteiger partial charge in [0, 0.05) is 37.6 Å². The van der Waals surface area contributed by atoms with Crippen LogP contribution in [-0.2, 0) is 19.9 Å².